The molecule has 2 aromatic heterocycles. The molecule has 0 amide bonds. The van der Waals surface area contributed by atoms with Crippen LogP contribution in [-0.4, -0.2) is 9.05 Å². The van der Waals surface area contributed by atoms with Crippen LogP contribution in [0.25, 0.3) is 10.2 Å². The molecule has 0 spiro atoms. The molecule has 90 valence electrons. The van der Waals surface area contributed by atoms with Crippen LogP contribution in [0.1, 0.15) is 0 Å². The van der Waals surface area contributed by atoms with E-state index in [9.17, 15) is 4.79 Å². The summed E-state index contributed by atoms with van der Waals surface area (Å²) in [5.74, 6) is 0. The number of anilines is 2. The van der Waals surface area contributed by atoms with Crippen LogP contribution in [0.2, 0.25) is 0 Å². The normalized spacial score (nSPS) is 10.7. The van der Waals surface area contributed by atoms with Crippen LogP contribution in [0.3, 0.4) is 0 Å². The van der Waals surface area contributed by atoms with E-state index in [4.69, 9.17) is 5.73 Å². The number of nitrogen functional groups attached to an aromatic ring is 1. The Bertz CT molecular complexity index is 762. The smallest absolute Gasteiger partial charge is 0.289 e. The number of fused-ring (bicyclic) bond motifs is 1. The fraction of sp³-hybridized carbons (Fsp3) is 0. The van der Waals surface area contributed by atoms with Crippen molar-refractivity contribution < 1.29 is 0 Å². The lowest BCUT2D eigenvalue weighted by molar-refractivity contribution is 1.03. The van der Waals surface area contributed by atoms with Crippen molar-refractivity contribution in [2.45, 2.75) is 0 Å². The number of nitrogens with one attached hydrogen (secondary N) is 1. The summed E-state index contributed by atoms with van der Waals surface area (Å²) in [7, 11) is 0. The molecule has 0 saturated carbocycles. The van der Waals surface area contributed by atoms with E-state index in [1.165, 1.54) is 15.6 Å². The van der Waals surface area contributed by atoms with E-state index in [2.05, 4.69) is 10.4 Å². The summed E-state index contributed by atoms with van der Waals surface area (Å²) >= 11 is 1.25. The Balaban J connectivity index is 2.09. The summed E-state index contributed by atoms with van der Waals surface area (Å²) in [6.07, 6.45) is 1.67. The van der Waals surface area contributed by atoms with E-state index in [1.807, 2.05) is 18.2 Å². The summed E-state index contributed by atoms with van der Waals surface area (Å²) in [6.45, 7) is 0. The van der Waals surface area contributed by atoms with Gasteiger partial charge in [-0.2, -0.15) is 4.07 Å². The topological polar surface area (TPSA) is 72.9 Å². The Hall–Kier alpha value is -2.34. The van der Waals surface area contributed by atoms with Crippen LogP contribution in [0.4, 0.5) is 11.4 Å². The summed E-state index contributed by atoms with van der Waals surface area (Å²) in [6, 6.07) is 10.8. The third-order valence-corrected chi connectivity index (χ3v) is 3.48. The molecule has 6 heteroatoms. The highest BCUT2D eigenvalue weighted by Gasteiger charge is 2.08. The minimum atomic E-state index is -0.119. The first-order valence-electron chi connectivity index (χ1n) is 5.34. The fourth-order valence-electron chi connectivity index (χ4n) is 1.65. The summed E-state index contributed by atoms with van der Waals surface area (Å²) in [5.41, 5.74) is 9.98. The Labute approximate surface area is 107 Å². The summed E-state index contributed by atoms with van der Waals surface area (Å²) < 4.78 is 1.43. The predicted molar refractivity (Wildman–Crippen MR) is 73.8 cm³/mol. The quantitative estimate of drug-likeness (QED) is 0.689. The van der Waals surface area contributed by atoms with E-state index >= 15 is 0 Å². The van der Waals surface area contributed by atoms with Crippen LogP contribution in [-0.2, 0) is 0 Å². The molecule has 0 radical (unpaired) electrons. The van der Waals surface area contributed by atoms with Gasteiger partial charge in [0.2, 0.25) is 0 Å². The second-order valence-electron chi connectivity index (χ2n) is 3.75. The molecular formula is C12H10N4OS. The molecule has 0 saturated heterocycles. The molecule has 0 bridgehead atoms. The predicted octanol–water partition coefficient (Wildman–Crippen LogP) is 1.92. The molecular weight excluding hydrogens is 248 g/mol. The minimum Gasteiger partial charge on any atom is -0.397 e. The molecule has 0 aliphatic heterocycles. The lowest BCUT2D eigenvalue weighted by Crippen LogP contribution is -2.20. The lowest BCUT2D eigenvalue weighted by Gasteiger charge is -2.07. The van der Waals surface area contributed by atoms with Crippen molar-refractivity contribution in [3.05, 3.63) is 52.9 Å². The van der Waals surface area contributed by atoms with Gasteiger partial charge < -0.3 is 5.73 Å². The number of para-hydroxylation sites is 2. The Morgan fingerprint density at radius 2 is 2.06 bits per heavy atom. The van der Waals surface area contributed by atoms with Crippen LogP contribution in [0.5, 0.6) is 0 Å². The SMILES string of the molecule is Nc1ccccc1Nn1sc2ncccc2c1=O. The van der Waals surface area contributed by atoms with Gasteiger partial charge in [0.1, 0.15) is 4.83 Å². The van der Waals surface area contributed by atoms with E-state index < -0.39 is 0 Å². The first-order valence-corrected chi connectivity index (χ1v) is 6.11. The standard InChI is InChI=1S/C12H10N4OS/c13-9-5-1-2-6-10(9)15-16-12(17)8-4-3-7-14-11(8)18-16/h1-7,15H,13H2. The zero-order chi connectivity index (χ0) is 12.5. The maximum absolute atomic E-state index is 12.1. The van der Waals surface area contributed by atoms with Gasteiger partial charge in [0, 0.05) is 6.20 Å². The van der Waals surface area contributed by atoms with Gasteiger partial charge in [-0.25, -0.2) is 4.98 Å². The van der Waals surface area contributed by atoms with Gasteiger partial charge in [-0.15, -0.1) is 0 Å². The van der Waals surface area contributed by atoms with Gasteiger partial charge in [-0.05, 0) is 35.8 Å². The number of hydrogen-bond donors (Lipinski definition) is 2. The zero-order valence-corrected chi connectivity index (χ0v) is 10.1. The van der Waals surface area contributed by atoms with Gasteiger partial charge in [0.25, 0.3) is 5.56 Å². The Kier molecular flexibility index (Phi) is 2.49. The van der Waals surface area contributed by atoms with Gasteiger partial charge in [-0.1, -0.05) is 12.1 Å². The highest BCUT2D eigenvalue weighted by Crippen LogP contribution is 2.19. The van der Waals surface area contributed by atoms with Crippen LogP contribution in [0, 0.1) is 0 Å². The third-order valence-electron chi connectivity index (χ3n) is 2.55. The van der Waals surface area contributed by atoms with Crippen molar-refractivity contribution in [1.82, 2.24) is 9.05 Å². The number of rotatable bonds is 2. The number of hydrogen-bond acceptors (Lipinski definition) is 5. The highest BCUT2D eigenvalue weighted by atomic mass is 32.1. The second-order valence-corrected chi connectivity index (χ2v) is 4.68. The lowest BCUT2D eigenvalue weighted by atomic mass is 10.3. The van der Waals surface area contributed by atoms with Crippen LogP contribution < -0.4 is 16.7 Å². The first kappa shape index (κ1) is 10.8. The van der Waals surface area contributed by atoms with E-state index in [-0.39, 0.29) is 5.56 Å². The van der Waals surface area contributed by atoms with Gasteiger partial charge >= 0.3 is 0 Å². The van der Waals surface area contributed by atoms with E-state index in [0.29, 0.717) is 21.6 Å². The third kappa shape index (κ3) is 1.72. The average molecular weight is 258 g/mol. The van der Waals surface area contributed by atoms with Crippen molar-refractivity contribution in [2.75, 3.05) is 11.2 Å². The maximum atomic E-state index is 12.1. The van der Waals surface area contributed by atoms with Crippen molar-refractivity contribution in [2.24, 2.45) is 0 Å². The summed E-state index contributed by atoms with van der Waals surface area (Å²) in [5, 5.41) is 0.601. The van der Waals surface area contributed by atoms with Crippen molar-refractivity contribution in [1.29, 1.82) is 0 Å². The molecule has 2 heterocycles. The number of nitrogens with zero attached hydrogens (tertiary/aromatic N) is 2. The van der Waals surface area contributed by atoms with E-state index in [1.54, 1.807) is 24.4 Å². The number of pyridine rings is 1. The average Bonchev–Trinajstić information content (AvgIpc) is 2.70. The molecule has 0 aliphatic carbocycles. The Morgan fingerprint density at radius 1 is 1.22 bits per heavy atom. The molecule has 18 heavy (non-hydrogen) atoms. The molecule has 0 atom stereocenters. The van der Waals surface area contributed by atoms with Crippen molar-refractivity contribution in [3.8, 4) is 0 Å². The monoisotopic (exact) mass is 258 g/mol. The largest absolute Gasteiger partial charge is 0.397 e. The maximum Gasteiger partial charge on any atom is 0.289 e. The second kappa shape index (κ2) is 4.15. The number of nitrogens with two attached hydrogens (primary N) is 1. The number of benzene rings is 1. The zero-order valence-electron chi connectivity index (χ0n) is 9.33. The van der Waals surface area contributed by atoms with E-state index in [0.717, 1.165) is 0 Å². The molecule has 0 aliphatic rings. The van der Waals surface area contributed by atoms with Crippen molar-refractivity contribution >= 4 is 33.1 Å². The van der Waals surface area contributed by atoms with Gasteiger partial charge in [-0.3, -0.25) is 10.2 Å². The molecule has 0 fully saturated rings. The minimum absolute atomic E-state index is 0.119. The fourth-order valence-corrected chi connectivity index (χ4v) is 2.51. The van der Waals surface area contributed by atoms with Crippen LogP contribution in [0.15, 0.2) is 47.4 Å². The first-order chi connectivity index (χ1) is 8.75. The van der Waals surface area contributed by atoms with Crippen molar-refractivity contribution in [3.63, 3.8) is 0 Å². The molecule has 3 rings (SSSR count). The highest BCUT2D eigenvalue weighted by molar-refractivity contribution is 7.13. The molecule has 0 unspecified atom stereocenters. The molecule has 5 nitrogen and oxygen atoms in total. The molecule has 1 aromatic carbocycles. The van der Waals surface area contributed by atoms with Gasteiger partial charge in [0.05, 0.1) is 16.8 Å². The number of aromatic nitrogens is 2. The summed E-state index contributed by atoms with van der Waals surface area (Å²) in [4.78, 5) is 16.9. The van der Waals surface area contributed by atoms with Gasteiger partial charge in [0.15, 0.2) is 0 Å². The Morgan fingerprint density at radius 3 is 2.83 bits per heavy atom. The van der Waals surface area contributed by atoms with Crippen LogP contribution >= 0.6 is 11.5 Å². The molecule has 3 aromatic rings. The molecule has 3 N–H and O–H groups in total.